The Kier molecular flexibility index (Phi) is 12.1. The highest BCUT2D eigenvalue weighted by molar-refractivity contribution is 7.90. The lowest BCUT2D eigenvalue weighted by Gasteiger charge is -2.34. The van der Waals surface area contributed by atoms with E-state index in [1.54, 1.807) is 18.5 Å². The molecule has 47 heavy (non-hydrogen) atoms. The van der Waals surface area contributed by atoms with Crippen molar-refractivity contribution in [1.82, 2.24) is 30.1 Å². The number of hydrogen-bond donors (Lipinski definition) is 1. The Labute approximate surface area is 286 Å². The zero-order valence-electron chi connectivity index (χ0n) is 26.7. The number of benzene rings is 1. The Bertz CT molecular complexity index is 1590. The molecule has 2 fully saturated rings. The Morgan fingerprint density at radius 1 is 0.957 bits per heavy atom. The van der Waals surface area contributed by atoms with Crippen molar-refractivity contribution in [2.75, 3.05) is 76.4 Å². The molecule has 0 saturated carbocycles. The number of nitrogens with one attached hydrogen (secondary N) is 1. The molecule has 12 nitrogen and oxygen atoms in total. The minimum absolute atomic E-state index is 0.209. The van der Waals surface area contributed by atoms with Crippen LogP contribution < -0.4 is 15.0 Å². The second-order valence-electron chi connectivity index (χ2n) is 12.1. The fourth-order valence-electron chi connectivity index (χ4n) is 5.83. The molecule has 2 aliphatic rings. The molecular formula is C32H41Cl2N7O5S. The molecule has 3 aromatic rings. The van der Waals surface area contributed by atoms with Crippen LogP contribution in [0.15, 0.2) is 42.7 Å². The van der Waals surface area contributed by atoms with Crippen LogP contribution in [0, 0.1) is 5.92 Å². The van der Waals surface area contributed by atoms with Gasteiger partial charge in [-0.1, -0.05) is 23.2 Å². The third-order valence-corrected chi connectivity index (χ3v) is 9.80. The highest BCUT2D eigenvalue weighted by Gasteiger charge is 2.22. The van der Waals surface area contributed by atoms with Crippen LogP contribution in [0.4, 0.5) is 10.7 Å². The number of anilines is 1. The monoisotopic (exact) mass is 705 g/mol. The summed E-state index contributed by atoms with van der Waals surface area (Å²) in [5.74, 6) is 2.11. The second-order valence-corrected chi connectivity index (χ2v) is 15.2. The molecule has 1 aromatic carbocycles. The van der Waals surface area contributed by atoms with E-state index in [4.69, 9.17) is 37.7 Å². The number of sulfone groups is 1. The van der Waals surface area contributed by atoms with Crippen LogP contribution in [-0.2, 0) is 21.1 Å². The van der Waals surface area contributed by atoms with Gasteiger partial charge in [0.2, 0.25) is 11.8 Å². The average Bonchev–Trinajstić information content (AvgIpc) is 3.04. The molecule has 15 heteroatoms. The average molecular weight is 707 g/mol. The SMILES string of the molecule is COC(=O)NCC1CCN(Cc2cc(Oc3cnc(N4CCN(CCCS(C)(=O)=O)CC4)nc3)nc(-c3cc(Cl)cc(Cl)c3)c2)CC1. The van der Waals surface area contributed by atoms with E-state index in [0.29, 0.717) is 58.7 Å². The van der Waals surface area contributed by atoms with Crippen molar-refractivity contribution >= 4 is 45.1 Å². The fourth-order valence-corrected chi connectivity index (χ4v) is 7.01. The largest absolute Gasteiger partial charge is 0.453 e. The van der Waals surface area contributed by atoms with Crippen molar-refractivity contribution in [1.29, 1.82) is 0 Å². The first kappa shape index (κ1) is 35.1. The van der Waals surface area contributed by atoms with E-state index in [1.165, 1.54) is 13.4 Å². The Hall–Kier alpha value is -3.23. The van der Waals surface area contributed by atoms with Crippen molar-refractivity contribution in [3.63, 3.8) is 0 Å². The third-order valence-electron chi connectivity index (χ3n) is 8.34. The number of nitrogens with zero attached hydrogens (tertiary/aromatic N) is 6. The molecular weight excluding hydrogens is 665 g/mol. The summed E-state index contributed by atoms with van der Waals surface area (Å²) >= 11 is 12.7. The number of carbonyl (C=O) groups is 1. The highest BCUT2D eigenvalue weighted by atomic mass is 35.5. The van der Waals surface area contributed by atoms with Crippen LogP contribution in [0.1, 0.15) is 24.8 Å². The van der Waals surface area contributed by atoms with E-state index in [2.05, 4.69) is 30.0 Å². The number of methoxy groups -OCH3 is 1. The predicted octanol–water partition coefficient (Wildman–Crippen LogP) is 4.76. The van der Waals surface area contributed by atoms with Crippen molar-refractivity contribution in [2.24, 2.45) is 5.92 Å². The third kappa shape index (κ3) is 10.9. The van der Waals surface area contributed by atoms with Crippen LogP contribution >= 0.6 is 23.2 Å². The number of ether oxygens (including phenoxy) is 2. The maximum atomic E-state index is 11.5. The molecule has 0 unspecified atom stereocenters. The first-order chi connectivity index (χ1) is 22.5. The van der Waals surface area contributed by atoms with Crippen LogP contribution in [0.2, 0.25) is 10.0 Å². The molecule has 0 spiro atoms. The van der Waals surface area contributed by atoms with Gasteiger partial charge >= 0.3 is 6.09 Å². The minimum atomic E-state index is -2.94. The summed E-state index contributed by atoms with van der Waals surface area (Å²) in [4.78, 5) is 32.1. The second kappa shape index (κ2) is 16.2. The number of hydrogen-bond acceptors (Lipinski definition) is 11. The topological polar surface area (TPSA) is 130 Å². The van der Waals surface area contributed by atoms with E-state index < -0.39 is 15.9 Å². The number of carbonyl (C=O) groups excluding carboxylic acids is 1. The molecule has 1 amide bonds. The molecule has 5 rings (SSSR count). The summed E-state index contributed by atoms with van der Waals surface area (Å²) in [5.41, 5.74) is 2.49. The van der Waals surface area contributed by atoms with Crippen molar-refractivity contribution in [2.45, 2.75) is 25.8 Å². The first-order valence-electron chi connectivity index (χ1n) is 15.7. The number of piperidine rings is 1. The van der Waals surface area contributed by atoms with Crippen LogP contribution in [-0.4, -0.2) is 111 Å². The van der Waals surface area contributed by atoms with E-state index in [-0.39, 0.29) is 5.75 Å². The van der Waals surface area contributed by atoms with Gasteiger partial charge in [-0.25, -0.2) is 28.2 Å². The van der Waals surface area contributed by atoms with Gasteiger partial charge in [-0.15, -0.1) is 0 Å². The molecule has 0 aliphatic carbocycles. The number of piperazine rings is 1. The predicted molar refractivity (Wildman–Crippen MR) is 183 cm³/mol. The molecule has 254 valence electrons. The van der Waals surface area contributed by atoms with Gasteiger partial charge < -0.3 is 19.7 Å². The van der Waals surface area contributed by atoms with Gasteiger partial charge in [0.15, 0.2) is 5.75 Å². The summed E-state index contributed by atoms with van der Waals surface area (Å²) in [6.07, 6.45) is 6.75. The molecule has 1 N–H and O–H groups in total. The summed E-state index contributed by atoms with van der Waals surface area (Å²) < 4.78 is 33.7. The van der Waals surface area contributed by atoms with E-state index in [9.17, 15) is 13.2 Å². The summed E-state index contributed by atoms with van der Waals surface area (Å²) in [6, 6.07) is 9.29. The maximum absolute atomic E-state index is 11.5. The van der Waals surface area contributed by atoms with Crippen LogP contribution in [0.3, 0.4) is 0 Å². The van der Waals surface area contributed by atoms with Gasteiger partial charge in [0.25, 0.3) is 0 Å². The fraction of sp³-hybridized carbons (Fsp3) is 0.500. The Morgan fingerprint density at radius 2 is 1.64 bits per heavy atom. The number of amides is 1. The summed E-state index contributed by atoms with van der Waals surface area (Å²) in [7, 11) is -1.57. The van der Waals surface area contributed by atoms with Gasteiger partial charge in [0.05, 0.1) is 31.0 Å². The Balaban J connectivity index is 1.23. The Morgan fingerprint density at radius 3 is 2.28 bits per heavy atom. The smallest absolute Gasteiger partial charge is 0.406 e. The number of halogens is 2. The van der Waals surface area contributed by atoms with Gasteiger partial charge in [-0.2, -0.15) is 0 Å². The normalized spacial score (nSPS) is 16.6. The highest BCUT2D eigenvalue weighted by Crippen LogP contribution is 2.31. The molecule has 4 heterocycles. The van der Waals surface area contributed by atoms with Gasteiger partial charge in [0.1, 0.15) is 9.84 Å². The maximum Gasteiger partial charge on any atom is 0.406 e. The standard InChI is InChI=1S/C32H41Cl2N7O5S/c1-45-32(42)37-19-23-4-7-40(8-5-23)22-24-14-29(25-16-26(33)18-27(34)17-25)38-30(15-24)46-28-20-35-31(36-21-28)41-11-9-39(10-12-41)6-3-13-47(2,43)44/h14-18,20-21,23H,3-13,19,22H2,1-2H3,(H,37,42). The van der Waals surface area contributed by atoms with Gasteiger partial charge in [-0.05, 0) is 74.6 Å². The zero-order valence-corrected chi connectivity index (χ0v) is 29.0. The van der Waals surface area contributed by atoms with E-state index >= 15 is 0 Å². The lowest BCUT2D eigenvalue weighted by atomic mass is 9.96. The molecule has 2 aromatic heterocycles. The number of rotatable bonds is 12. The lowest BCUT2D eigenvalue weighted by molar-refractivity contribution is 0.155. The van der Waals surface area contributed by atoms with Gasteiger partial charge in [-0.3, -0.25) is 9.80 Å². The molecule has 0 radical (unpaired) electrons. The summed E-state index contributed by atoms with van der Waals surface area (Å²) in [6.45, 7) is 7.02. The minimum Gasteiger partial charge on any atom is -0.453 e. The summed E-state index contributed by atoms with van der Waals surface area (Å²) in [5, 5.41) is 3.84. The van der Waals surface area contributed by atoms with Gasteiger partial charge in [0, 0.05) is 67.2 Å². The quantitative estimate of drug-likeness (QED) is 0.280. The van der Waals surface area contributed by atoms with E-state index in [1.807, 2.05) is 24.3 Å². The molecule has 0 atom stereocenters. The number of pyridine rings is 1. The first-order valence-corrected chi connectivity index (χ1v) is 18.5. The molecule has 2 saturated heterocycles. The van der Waals surface area contributed by atoms with Crippen molar-refractivity contribution in [3.8, 4) is 22.9 Å². The lowest BCUT2D eigenvalue weighted by Crippen LogP contribution is -2.47. The van der Waals surface area contributed by atoms with E-state index in [0.717, 1.165) is 69.8 Å². The molecule has 0 bridgehead atoms. The van der Waals surface area contributed by atoms with Crippen LogP contribution in [0.5, 0.6) is 11.6 Å². The zero-order chi connectivity index (χ0) is 33.4. The van der Waals surface area contributed by atoms with Crippen LogP contribution in [0.25, 0.3) is 11.3 Å². The van der Waals surface area contributed by atoms with Crippen molar-refractivity contribution < 1.29 is 22.7 Å². The number of aromatic nitrogens is 3. The molecule has 2 aliphatic heterocycles. The number of likely N-dealkylation sites (tertiary alicyclic amines) is 1. The number of alkyl carbamates (subject to hydrolysis) is 1. The van der Waals surface area contributed by atoms with Crippen molar-refractivity contribution in [3.05, 3.63) is 58.3 Å².